The highest BCUT2D eigenvalue weighted by Gasteiger charge is 2.36. The second-order valence-electron chi connectivity index (χ2n) is 8.09. The molecule has 6 heteroatoms. The maximum absolute atomic E-state index is 13.1. The highest BCUT2D eigenvalue weighted by Crippen LogP contribution is 2.28. The lowest BCUT2D eigenvalue weighted by Gasteiger charge is -2.41. The van der Waals surface area contributed by atoms with Crippen molar-refractivity contribution in [2.24, 2.45) is 0 Å². The van der Waals surface area contributed by atoms with E-state index in [0.29, 0.717) is 12.2 Å². The van der Waals surface area contributed by atoms with Crippen LogP contribution in [0.4, 0.5) is 5.69 Å². The molecule has 1 aromatic heterocycles. The summed E-state index contributed by atoms with van der Waals surface area (Å²) in [6.07, 6.45) is 2.89. The van der Waals surface area contributed by atoms with E-state index in [1.165, 1.54) is 0 Å². The number of benzene rings is 2. The zero-order valence-electron chi connectivity index (χ0n) is 18.0. The molecule has 31 heavy (non-hydrogen) atoms. The number of nitrogens with zero attached hydrogens (tertiary/aromatic N) is 3. The predicted molar refractivity (Wildman–Crippen MR) is 122 cm³/mol. The molecule has 0 radical (unpaired) electrons. The van der Waals surface area contributed by atoms with Crippen LogP contribution in [0.5, 0.6) is 0 Å². The topological polar surface area (TPSA) is 69.3 Å². The fraction of sp³-hybridized carbons (Fsp3) is 0.320. The minimum atomic E-state index is -0.184. The van der Waals surface area contributed by atoms with Gasteiger partial charge in [-0.2, -0.15) is 5.10 Å². The van der Waals surface area contributed by atoms with E-state index in [-0.39, 0.29) is 24.4 Å². The summed E-state index contributed by atoms with van der Waals surface area (Å²) in [4.78, 5) is 29.7. The molecule has 1 aliphatic heterocycles. The van der Waals surface area contributed by atoms with E-state index >= 15 is 0 Å². The Morgan fingerprint density at radius 1 is 1.10 bits per heavy atom. The summed E-state index contributed by atoms with van der Waals surface area (Å²) >= 11 is 0. The standard InChI is InChI=1S/C25H28N4O2/c1-3-4-12-22-16-28(21-13-8-11-20(15-21)19-9-6-5-7-10-19)24(30)17-29(22)25(31)23-14-18(2)26-27-23/h5-11,13-15,22H,3-4,12,16-17H2,1-2H3,(H,26,27)/t22-/m0/s1. The molecule has 1 saturated heterocycles. The third kappa shape index (κ3) is 4.53. The van der Waals surface area contributed by atoms with Crippen molar-refractivity contribution in [3.63, 3.8) is 0 Å². The molecule has 1 atom stereocenters. The quantitative estimate of drug-likeness (QED) is 0.646. The first-order chi connectivity index (χ1) is 15.1. The highest BCUT2D eigenvalue weighted by atomic mass is 16.2. The smallest absolute Gasteiger partial charge is 0.275 e. The van der Waals surface area contributed by atoms with Crippen LogP contribution in [0.15, 0.2) is 60.7 Å². The molecule has 0 spiro atoms. The molecular weight excluding hydrogens is 388 g/mol. The molecular formula is C25H28N4O2. The first-order valence-electron chi connectivity index (χ1n) is 10.9. The van der Waals surface area contributed by atoms with Gasteiger partial charge in [-0.05, 0) is 42.7 Å². The van der Waals surface area contributed by atoms with Gasteiger partial charge < -0.3 is 9.80 Å². The molecule has 2 aromatic carbocycles. The van der Waals surface area contributed by atoms with Crippen molar-refractivity contribution in [2.75, 3.05) is 18.0 Å². The maximum Gasteiger partial charge on any atom is 0.275 e. The second-order valence-corrected chi connectivity index (χ2v) is 8.09. The summed E-state index contributed by atoms with van der Waals surface area (Å²) in [7, 11) is 0. The Balaban J connectivity index is 1.60. The fourth-order valence-electron chi connectivity index (χ4n) is 4.10. The number of carbonyl (C=O) groups excluding carboxylic acids is 2. The lowest BCUT2D eigenvalue weighted by atomic mass is 10.0. The summed E-state index contributed by atoms with van der Waals surface area (Å²) in [5.74, 6) is -0.255. The van der Waals surface area contributed by atoms with Crippen molar-refractivity contribution in [3.05, 3.63) is 72.1 Å². The monoisotopic (exact) mass is 416 g/mol. The molecule has 1 N–H and O–H groups in total. The van der Waals surface area contributed by atoms with Gasteiger partial charge in [-0.3, -0.25) is 14.7 Å². The number of anilines is 1. The van der Waals surface area contributed by atoms with Gasteiger partial charge in [-0.25, -0.2) is 0 Å². The lowest BCUT2D eigenvalue weighted by molar-refractivity contribution is -0.121. The van der Waals surface area contributed by atoms with Crippen LogP contribution in [0.2, 0.25) is 0 Å². The fourth-order valence-corrected chi connectivity index (χ4v) is 4.10. The van der Waals surface area contributed by atoms with E-state index in [0.717, 1.165) is 41.8 Å². The third-order valence-electron chi connectivity index (χ3n) is 5.78. The Labute approximate surface area is 182 Å². The number of amides is 2. The first-order valence-corrected chi connectivity index (χ1v) is 10.9. The number of aryl methyl sites for hydroxylation is 1. The van der Waals surface area contributed by atoms with Crippen LogP contribution in [-0.4, -0.2) is 46.0 Å². The summed E-state index contributed by atoms with van der Waals surface area (Å²) in [6.45, 7) is 4.56. The van der Waals surface area contributed by atoms with Crippen LogP contribution in [0.3, 0.4) is 0 Å². The average molecular weight is 417 g/mol. The van der Waals surface area contributed by atoms with Gasteiger partial charge in [-0.1, -0.05) is 62.2 Å². The van der Waals surface area contributed by atoms with Gasteiger partial charge >= 0.3 is 0 Å². The lowest BCUT2D eigenvalue weighted by Crippen LogP contribution is -2.58. The molecule has 0 bridgehead atoms. The molecule has 0 unspecified atom stereocenters. The van der Waals surface area contributed by atoms with E-state index in [4.69, 9.17) is 0 Å². The summed E-state index contributed by atoms with van der Waals surface area (Å²) in [5, 5.41) is 6.93. The van der Waals surface area contributed by atoms with Gasteiger partial charge in [0.15, 0.2) is 0 Å². The van der Waals surface area contributed by atoms with Crippen molar-refractivity contribution in [1.29, 1.82) is 0 Å². The van der Waals surface area contributed by atoms with Gasteiger partial charge in [0.1, 0.15) is 12.2 Å². The highest BCUT2D eigenvalue weighted by molar-refractivity contribution is 6.01. The molecule has 2 amide bonds. The molecule has 3 aromatic rings. The molecule has 0 saturated carbocycles. The number of aromatic nitrogens is 2. The van der Waals surface area contributed by atoms with Crippen LogP contribution in [-0.2, 0) is 4.79 Å². The van der Waals surface area contributed by atoms with Crippen LogP contribution < -0.4 is 4.90 Å². The Morgan fingerprint density at radius 2 is 1.87 bits per heavy atom. The molecule has 2 heterocycles. The number of nitrogens with one attached hydrogen (secondary N) is 1. The van der Waals surface area contributed by atoms with Crippen molar-refractivity contribution in [3.8, 4) is 11.1 Å². The number of hydrogen-bond donors (Lipinski definition) is 1. The summed E-state index contributed by atoms with van der Waals surface area (Å²) in [5.41, 5.74) is 4.25. The maximum atomic E-state index is 13.1. The minimum absolute atomic E-state index is 0.0393. The predicted octanol–water partition coefficient (Wildman–Crippen LogP) is 4.43. The third-order valence-corrected chi connectivity index (χ3v) is 5.78. The molecule has 0 aliphatic carbocycles. The Hall–Kier alpha value is -3.41. The minimum Gasteiger partial charge on any atom is -0.323 e. The zero-order chi connectivity index (χ0) is 21.8. The van der Waals surface area contributed by atoms with E-state index in [9.17, 15) is 9.59 Å². The Morgan fingerprint density at radius 3 is 2.58 bits per heavy atom. The number of rotatable bonds is 6. The van der Waals surface area contributed by atoms with Gasteiger partial charge in [0.05, 0.1) is 6.04 Å². The summed E-state index contributed by atoms with van der Waals surface area (Å²) in [6, 6.07) is 19.9. The van der Waals surface area contributed by atoms with E-state index < -0.39 is 0 Å². The number of H-pyrrole nitrogens is 1. The Kier molecular flexibility index (Phi) is 6.16. The van der Waals surface area contributed by atoms with Crippen molar-refractivity contribution >= 4 is 17.5 Å². The van der Waals surface area contributed by atoms with E-state index in [1.54, 1.807) is 11.0 Å². The molecule has 1 aliphatic rings. The van der Waals surface area contributed by atoms with Gasteiger partial charge in [0.2, 0.25) is 5.91 Å². The van der Waals surface area contributed by atoms with Gasteiger partial charge in [0.25, 0.3) is 5.91 Å². The SMILES string of the molecule is CCCC[C@H]1CN(c2cccc(-c3ccccc3)c2)C(=O)CN1C(=O)c1cc(C)[nH]n1. The largest absolute Gasteiger partial charge is 0.323 e. The molecule has 1 fully saturated rings. The van der Waals surface area contributed by atoms with Crippen molar-refractivity contribution in [1.82, 2.24) is 15.1 Å². The number of piperazine rings is 1. The van der Waals surface area contributed by atoms with Crippen LogP contribution in [0, 0.1) is 6.92 Å². The van der Waals surface area contributed by atoms with Crippen molar-refractivity contribution < 1.29 is 9.59 Å². The molecule has 4 rings (SSSR count). The Bertz CT molecular complexity index is 1060. The number of unbranched alkanes of at least 4 members (excludes halogenated alkanes) is 1. The summed E-state index contributed by atoms with van der Waals surface area (Å²) < 4.78 is 0. The number of carbonyl (C=O) groups is 2. The van der Waals surface area contributed by atoms with Gasteiger partial charge in [0, 0.05) is 17.9 Å². The van der Waals surface area contributed by atoms with E-state index in [2.05, 4.69) is 41.4 Å². The van der Waals surface area contributed by atoms with Gasteiger partial charge in [-0.15, -0.1) is 0 Å². The van der Waals surface area contributed by atoms with Crippen LogP contribution >= 0.6 is 0 Å². The normalized spacial score (nSPS) is 16.6. The number of hydrogen-bond acceptors (Lipinski definition) is 3. The van der Waals surface area contributed by atoms with Crippen LogP contribution in [0.25, 0.3) is 11.1 Å². The average Bonchev–Trinajstić information content (AvgIpc) is 3.24. The first kappa shape index (κ1) is 20.8. The van der Waals surface area contributed by atoms with Crippen molar-refractivity contribution in [2.45, 2.75) is 39.2 Å². The molecule has 6 nitrogen and oxygen atoms in total. The molecule has 160 valence electrons. The zero-order valence-corrected chi connectivity index (χ0v) is 18.0. The number of aromatic amines is 1. The van der Waals surface area contributed by atoms with Crippen LogP contribution in [0.1, 0.15) is 42.4 Å². The second kappa shape index (κ2) is 9.16. The van der Waals surface area contributed by atoms with E-state index in [1.807, 2.05) is 42.2 Å².